The first-order valence-corrected chi connectivity index (χ1v) is 8.33. The highest BCUT2D eigenvalue weighted by atomic mass is 32.2. The van der Waals surface area contributed by atoms with Crippen LogP contribution in [0.5, 0.6) is 11.5 Å². The highest BCUT2D eigenvalue weighted by Gasteiger charge is 2.18. The van der Waals surface area contributed by atoms with Gasteiger partial charge >= 0.3 is 0 Å². The monoisotopic (exact) mass is 313 g/mol. The van der Waals surface area contributed by atoms with Crippen molar-refractivity contribution in [3.63, 3.8) is 0 Å². The number of rotatable bonds is 5. The Bertz CT molecular complexity index is 683. The molecule has 3 rings (SSSR count). The van der Waals surface area contributed by atoms with Gasteiger partial charge in [-0.2, -0.15) is 0 Å². The van der Waals surface area contributed by atoms with E-state index in [1.165, 1.54) is 10.5 Å². The van der Waals surface area contributed by atoms with Crippen molar-refractivity contribution in [1.29, 1.82) is 0 Å². The Labute approximate surface area is 135 Å². The molecule has 0 unspecified atom stereocenters. The molecule has 1 aliphatic heterocycles. The van der Waals surface area contributed by atoms with Gasteiger partial charge in [0.1, 0.15) is 5.04 Å². The molecule has 0 atom stereocenters. The van der Waals surface area contributed by atoms with Crippen molar-refractivity contribution in [1.82, 2.24) is 0 Å². The van der Waals surface area contributed by atoms with Gasteiger partial charge in [0.25, 0.3) is 0 Å². The number of fused-ring (bicyclic) bond motifs is 1. The predicted octanol–water partition coefficient (Wildman–Crippen LogP) is 4.54. The van der Waals surface area contributed by atoms with Crippen LogP contribution < -0.4 is 9.47 Å². The molecule has 0 amide bonds. The first kappa shape index (κ1) is 15.0. The van der Waals surface area contributed by atoms with E-state index in [1.807, 2.05) is 32.0 Å². The van der Waals surface area contributed by atoms with Crippen LogP contribution in [0.1, 0.15) is 25.0 Å². The first-order valence-electron chi connectivity index (χ1n) is 7.52. The molecule has 0 fully saturated rings. The van der Waals surface area contributed by atoms with Crippen LogP contribution in [-0.2, 0) is 6.54 Å². The molecular formula is C18H19NO2S. The van der Waals surface area contributed by atoms with Crippen molar-refractivity contribution in [2.24, 2.45) is 4.99 Å². The molecule has 2 aromatic carbocycles. The summed E-state index contributed by atoms with van der Waals surface area (Å²) in [5, 5.41) is 1.06. The van der Waals surface area contributed by atoms with Gasteiger partial charge in [-0.3, -0.25) is 4.99 Å². The van der Waals surface area contributed by atoms with Crippen molar-refractivity contribution >= 4 is 16.8 Å². The Kier molecular flexibility index (Phi) is 4.68. The summed E-state index contributed by atoms with van der Waals surface area (Å²) in [5.41, 5.74) is 2.35. The van der Waals surface area contributed by atoms with Crippen LogP contribution in [0.15, 0.2) is 52.4 Å². The first-order chi connectivity index (χ1) is 10.8. The minimum atomic E-state index is 0.628. The molecular weight excluding hydrogens is 294 g/mol. The molecule has 0 N–H and O–H groups in total. The van der Waals surface area contributed by atoms with E-state index in [-0.39, 0.29) is 0 Å². The van der Waals surface area contributed by atoms with Crippen LogP contribution in [0.25, 0.3) is 0 Å². The summed E-state index contributed by atoms with van der Waals surface area (Å²) in [6.45, 7) is 5.90. The number of hydrogen-bond donors (Lipinski definition) is 0. The van der Waals surface area contributed by atoms with E-state index in [0.717, 1.165) is 22.1 Å². The van der Waals surface area contributed by atoms with Gasteiger partial charge in [0.2, 0.25) is 0 Å². The van der Waals surface area contributed by atoms with E-state index < -0.39 is 0 Å². The third-order valence-corrected chi connectivity index (χ3v) is 4.51. The molecule has 0 aromatic heterocycles. The fourth-order valence-electron chi connectivity index (χ4n) is 2.36. The lowest BCUT2D eigenvalue weighted by molar-refractivity contribution is 0.286. The van der Waals surface area contributed by atoms with Gasteiger partial charge in [0.05, 0.1) is 19.8 Å². The lowest BCUT2D eigenvalue weighted by atomic mass is 10.2. The number of aliphatic imine (C=N–C) groups is 1. The second kappa shape index (κ2) is 6.88. The summed E-state index contributed by atoms with van der Waals surface area (Å²) in [6.07, 6.45) is 0. The lowest BCUT2D eigenvalue weighted by Crippen LogP contribution is -2.06. The molecule has 3 nitrogen and oxygen atoms in total. The average molecular weight is 313 g/mol. The van der Waals surface area contributed by atoms with Crippen LogP contribution in [0.2, 0.25) is 0 Å². The number of hydrogen-bond acceptors (Lipinski definition) is 4. The van der Waals surface area contributed by atoms with E-state index in [2.05, 4.69) is 24.3 Å². The van der Waals surface area contributed by atoms with Crippen LogP contribution in [0, 0.1) is 0 Å². The molecule has 2 aromatic rings. The zero-order valence-corrected chi connectivity index (χ0v) is 13.7. The van der Waals surface area contributed by atoms with Crippen molar-refractivity contribution < 1.29 is 9.47 Å². The second-order valence-electron chi connectivity index (χ2n) is 4.86. The Morgan fingerprint density at radius 1 is 1.00 bits per heavy atom. The summed E-state index contributed by atoms with van der Waals surface area (Å²) >= 11 is 1.69. The molecule has 1 heterocycles. The molecule has 22 heavy (non-hydrogen) atoms. The minimum absolute atomic E-state index is 0.628. The Morgan fingerprint density at radius 2 is 1.68 bits per heavy atom. The van der Waals surface area contributed by atoms with Gasteiger partial charge in [-0.1, -0.05) is 42.1 Å². The zero-order valence-electron chi connectivity index (χ0n) is 12.8. The van der Waals surface area contributed by atoms with Crippen LogP contribution >= 0.6 is 11.8 Å². The topological polar surface area (TPSA) is 30.8 Å². The quantitative estimate of drug-likeness (QED) is 0.812. The maximum atomic E-state index is 5.72. The number of benzene rings is 2. The standard InChI is InChI=1S/C18H19NO2S/c1-3-20-15-10-14-12-19-18(13-8-6-5-7-9-13)22-17(14)11-16(15)21-4-2/h5-11H,3-4,12H2,1-2H3. The van der Waals surface area contributed by atoms with Gasteiger partial charge in [0.15, 0.2) is 11.5 Å². The van der Waals surface area contributed by atoms with Crippen molar-refractivity contribution in [2.75, 3.05) is 13.2 Å². The molecule has 0 aliphatic carbocycles. The summed E-state index contributed by atoms with van der Waals surface area (Å²) in [5.74, 6) is 1.62. The SMILES string of the molecule is CCOc1cc2c(cc1OCC)SC(c1ccccc1)=NC2. The third-order valence-electron chi connectivity index (χ3n) is 3.35. The lowest BCUT2D eigenvalue weighted by Gasteiger charge is -2.19. The van der Waals surface area contributed by atoms with E-state index in [0.29, 0.717) is 19.8 Å². The molecule has 1 aliphatic rings. The van der Waals surface area contributed by atoms with Crippen molar-refractivity contribution in [3.05, 3.63) is 53.6 Å². The van der Waals surface area contributed by atoms with Gasteiger partial charge in [-0.15, -0.1) is 0 Å². The third kappa shape index (κ3) is 3.12. The fraction of sp³-hybridized carbons (Fsp3) is 0.278. The smallest absolute Gasteiger partial charge is 0.162 e. The molecule has 0 spiro atoms. The second-order valence-corrected chi connectivity index (χ2v) is 5.89. The normalized spacial score (nSPS) is 13.3. The molecule has 4 heteroatoms. The summed E-state index contributed by atoms with van der Waals surface area (Å²) in [6, 6.07) is 14.4. The Balaban J connectivity index is 1.92. The maximum Gasteiger partial charge on any atom is 0.162 e. The zero-order chi connectivity index (χ0) is 15.4. The van der Waals surface area contributed by atoms with Crippen LogP contribution in [-0.4, -0.2) is 18.3 Å². The summed E-state index contributed by atoms with van der Waals surface area (Å²) in [4.78, 5) is 5.90. The van der Waals surface area contributed by atoms with Gasteiger partial charge in [0, 0.05) is 10.5 Å². The van der Waals surface area contributed by atoms with Gasteiger partial charge in [-0.05, 0) is 31.5 Å². The van der Waals surface area contributed by atoms with Crippen molar-refractivity contribution in [3.8, 4) is 11.5 Å². The van der Waals surface area contributed by atoms with Crippen LogP contribution in [0.3, 0.4) is 0 Å². The largest absolute Gasteiger partial charge is 0.490 e. The van der Waals surface area contributed by atoms with Gasteiger partial charge < -0.3 is 9.47 Å². The molecule has 114 valence electrons. The highest BCUT2D eigenvalue weighted by molar-refractivity contribution is 8.14. The molecule has 0 radical (unpaired) electrons. The average Bonchev–Trinajstić information content (AvgIpc) is 2.56. The van der Waals surface area contributed by atoms with Crippen molar-refractivity contribution in [2.45, 2.75) is 25.3 Å². The summed E-state index contributed by atoms with van der Waals surface area (Å²) in [7, 11) is 0. The van der Waals surface area contributed by atoms with Gasteiger partial charge in [-0.25, -0.2) is 0 Å². The molecule has 0 saturated heterocycles. The molecule has 0 bridgehead atoms. The highest BCUT2D eigenvalue weighted by Crippen LogP contribution is 2.39. The van der Waals surface area contributed by atoms with E-state index >= 15 is 0 Å². The predicted molar refractivity (Wildman–Crippen MR) is 91.3 cm³/mol. The number of ether oxygens (including phenoxy) is 2. The van der Waals surface area contributed by atoms with Crippen LogP contribution in [0.4, 0.5) is 0 Å². The van der Waals surface area contributed by atoms with E-state index in [4.69, 9.17) is 14.5 Å². The number of thioether (sulfide) groups is 1. The summed E-state index contributed by atoms with van der Waals surface area (Å²) < 4.78 is 11.4. The number of nitrogens with zero attached hydrogens (tertiary/aromatic N) is 1. The maximum absolute atomic E-state index is 5.72. The Hall–Kier alpha value is -1.94. The Morgan fingerprint density at radius 3 is 2.36 bits per heavy atom. The fourth-order valence-corrected chi connectivity index (χ4v) is 3.37. The van der Waals surface area contributed by atoms with E-state index in [1.54, 1.807) is 11.8 Å². The molecule has 0 saturated carbocycles. The van der Waals surface area contributed by atoms with E-state index in [9.17, 15) is 0 Å². The minimum Gasteiger partial charge on any atom is -0.490 e.